The van der Waals surface area contributed by atoms with Crippen molar-refractivity contribution in [2.45, 2.75) is 56.7 Å². The lowest BCUT2D eigenvalue weighted by Crippen LogP contribution is -2.35. The number of benzene rings is 2. The molecule has 1 saturated heterocycles. The Balaban J connectivity index is 1.08. The first-order chi connectivity index (χ1) is 18.9. The third-order valence-electron chi connectivity index (χ3n) is 8.06. The average Bonchev–Trinajstić information content (AvgIpc) is 3.74. The fourth-order valence-electron chi connectivity index (χ4n) is 6.08. The summed E-state index contributed by atoms with van der Waals surface area (Å²) in [6.07, 6.45) is 6.70. The molecule has 206 valence electrons. The number of carbonyl (C=O) groups excluding carboxylic acids is 1. The summed E-state index contributed by atoms with van der Waals surface area (Å²) in [5, 5.41) is 10.1. The number of fused-ring (bicyclic) bond motifs is 2. The van der Waals surface area contributed by atoms with Crippen molar-refractivity contribution in [3.05, 3.63) is 64.2 Å². The number of rotatable bonds is 8. The van der Waals surface area contributed by atoms with Gasteiger partial charge in [-0.15, -0.1) is 5.10 Å². The van der Waals surface area contributed by atoms with Crippen LogP contribution in [0.25, 0.3) is 0 Å². The first-order valence-corrected chi connectivity index (χ1v) is 15.1. The van der Waals surface area contributed by atoms with Crippen LogP contribution in [-0.4, -0.2) is 65.6 Å². The third-order valence-corrected chi connectivity index (χ3v) is 9.74. The molecule has 11 heteroatoms. The summed E-state index contributed by atoms with van der Waals surface area (Å²) in [4.78, 5) is 18.3. The van der Waals surface area contributed by atoms with Gasteiger partial charge in [0.25, 0.3) is 15.2 Å². The fraction of sp³-hybridized carbons (Fsp3) is 0.464. The molecule has 1 fully saturated rings. The molecule has 2 heterocycles. The highest BCUT2D eigenvalue weighted by atomic mass is 32.2. The molecule has 2 aliphatic carbocycles. The number of H-pyrrole nitrogens is 1. The summed E-state index contributed by atoms with van der Waals surface area (Å²) < 4.78 is 33.5. The molecule has 39 heavy (non-hydrogen) atoms. The second kappa shape index (κ2) is 10.6. The van der Waals surface area contributed by atoms with E-state index in [1.165, 1.54) is 31.5 Å². The van der Waals surface area contributed by atoms with Crippen molar-refractivity contribution >= 4 is 27.8 Å². The van der Waals surface area contributed by atoms with Gasteiger partial charge in [-0.25, -0.2) is 18.3 Å². The van der Waals surface area contributed by atoms with E-state index in [2.05, 4.69) is 26.6 Å². The monoisotopic (exact) mass is 550 g/mol. The Kier molecular flexibility index (Phi) is 7.03. The number of carbonyl (C=O) groups is 1. The van der Waals surface area contributed by atoms with Crippen molar-refractivity contribution in [1.82, 2.24) is 24.4 Å². The largest absolute Gasteiger partial charge is 0.445 e. The molecular formula is C28H34N6O4S. The van der Waals surface area contributed by atoms with E-state index in [-0.39, 0.29) is 23.6 Å². The van der Waals surface area contributed by atoms with E-state index in [1.807, 2.05) is 30.3 Å². The first-order valence-electron chi connectivity index (χ1n) is 13.7. The molecule has 0 spiro atoms. The van der Waals surface area contributed by atoms with Gasteiger partial charge in [0.05, 0.1) is 0 Å². The molecule has 1 aliphatic heterocycles. The van der Waals surface area contributed by atoms with Crippen molar-refractivity contribution in [3.8, 4) is 0 Å². The fourth-order valence-corrected chi connectivity index (χ4v) is 7.44. The number of nitrogens with one attached hydrogen (secondary N) is 2. The van der Waals surface area contributed by atoms with Crippen molar-refractivity contribution in [3.63, 3.8) is 0 Å². The van der Waals surface area contributed by atoms with Crippen LogP contribution in [0.15, 0.2) is 41.6 Å². The molecule has 0 bridgehead atoms. The van der Waals surface area contributed by atoms with Gasteiger partial charge < -0.3 is 15.0 Å². The van der Waals surface area contributed by atoms with E-state index >= 15 is 0 Å². The lowest BCUT2D eigenvalue weighted by Gasteiger charge is -2.21. The maximum atomic E-state index is 13.4. The maximum absolute atomic E-state index is 13.4. The van der Waals surface area contributed by atoms with Gasteiger partial charge in [0.2, 0.25) is 5.95 Å². The van der Waals surface area contributed by atoms with E-state index in [1.54, 1.807) is 7.05 Å². The molecule has 3 aliphatic rings. The second-order valence-corrected chi connectivity index (χ2v) is 12.6. The summed E-state index contributed by atoms with van der Waals surface area (Å²) in [5.41, 5.74) is 7.40. The van der Waals surface area contributed by atoms with Crippen molar-refractivity contribution in [2.24, 2.45) is 5.92 Å². The zero-order valence-electron chi connectivity index (χ0n) is 22.1. The minimum Gasteiger partial charge on any atom is -0.445 e. The van der Waals surface area contributed by atoms with Crippen LogP contribution in [0.5, 0.6) is 0 Å². The summed E-state index contributed by atoms with van der Waals surface area (Å²) in [7, 11) is -2.16. The Morgan fingerprint density at radius 1 is 1.13 bits per heavy atom. The molecule has 0 saturated carbocycles. The second-order valence-electron chi connectivity index (χ2n) is 10.8. The van der Waals surface area contributed by atoms with E-state index in [4.69, 9.17) is 4.74 Å². The molecule has 0 unspecified atom stereocenters. The highest BCUT2D eigenvalue weighted by Gasteiger charge is 2.36. The highest BCUT2D eigenvalue weighted by Crippen LogP contribution is 2.39. The summed E-state index contributed by atoms with van der Waals surface area (Å²) >= 11 is 0. The summed E-state index contributed by atoms with van der Waals surface area (Å²) in [6, 6.07) is 11.9. The lowest BCUT2D eigenvalue weighted by molar-refractivity contribution is 0.100. The number of aromatic amines is 1. The number of ether oxygens (including phenoxy) is 1. The smallest absolute Gasteiger partial charge is 0.409 e. The van der Waals surface area contributed by atoms with E-state index in [0.717, 1.165) is 49.8 Å². The third kappa shape index (κ3) is 5.25. The minimum atomic E-state index is -3.84. The lowest BCUT2D eigenvalue weighted by atomic mass is 9.99. The molecule has 0 radical (unpaired) electrons. The quantitative estimate of drug-likeness (QED) is 0.438. The number of aryl methyl sites for hydroxylation is 2. The average molecular weight is 551 g/mol. The van der Waals surface area contributed by atoms with Gasteiger partial charge in [-0.05, 0) is 78.7 Å². The van der Waals surface area contributed by atoms with E-state index in [0.29, 0.717) is 26.1 Å². The first kappa shape index (κ1) is 25.8. The van der Waals surface area contributed by atoms with Crippen LogP contribution < -0.4 is 5.32 Å². The summed E-state index contributed by atoms with van der Waals surface area (Å²) in [5.74, 6) is 0.281. The number of hydrogen-bond acceptors (Lipinski definition) is 7. The maximum Gasteiger partial charge on any atom is 0.409 e. The molecule has 1 aromatic heterocycles. The van der Waals surface area contributed by atoms with Gasteiger partial charge in [0.15, 0.2) is 0 Å². The molecule has 3 aromatic rings. The Labute approximate surface area is 228 Å². The molecule has 6 rings (SSSR count). The van der Waals surface area contributed by atoms with Crippen LogP contribution in [-0.2, 0) is 47.1 Å². The van der Waals surface area contributed by atoms with Crippen LogP contribution in [0, 0.1) is 5.92 Å². The Bertz CT molecular complexity index is 1440. The summed E-state index contributed by atoms with van der Waals surface area (Å²) in [6.45, 7) is 1.28. The number of nitrogens with zero attached hydrogens (tertiary/aromatic N) is 4. The topological polar surface area (TPSA) is 121 Å². The number of sulfonamides is 1. The zero-order chi connectivity index (χ0) is 27.0. The van der Waals surface area contributed by atoms with Gasteiger partial charge in [0.1, 0.15) is 6.61 Å². The molecule has 2 N–H and O–H groups in total. The number of aromatic nitrogens is 3. The molecule has 1 atom stereocenters. The number of anilines is 2. The van der Waals surface area contributed by atoms with Crippen LogP contribution in [0.1, 0.15) is 47.1 Å². The van der Waals surface area contributed by atoms with Crippen LogP contribution in [0.2, 0.25) is 0 Å². The highest BCUT2D eigenvalue weighted by molar-refractivity contribution is 7.89. The molecule has 2 aromatic carbocycles. The SMILES string of the molecule is CN(C[C@H]1CCN(S(=O)(=O)c2nc(Nc3c4c(cc5c3CCC5)CCC4)n[nH]2)C1)C(=O)OCc1ccccc1. The van der Waals surface area contributed by atoms with E-state index < -0.39 is 16.1 Å². The van der Waals surface area contributed by atoms with Crippen molar-refractivity contribution < 1.29 is 17.9 Å². The Morgan fingerprint density at radius 2 is 1.85 bits per heavy atom. The molecular weight excluding hydrogens is 516 g/mol. The molecule has 10 nitrogen and oxygen atoms in total. The van der Waals surface area contributed by atoms with Crippen LogP contribution in [0.3, 0.4) is 0 Å². The van der Waals surface area contributed by atoms with Gasteiger partial charge in [-0.2, -0.15) is 9.29 Å². The number of amides is 1. The van der Waals surface area contributed by atoms with Gasteiger partial charge in [0, 0.05) is 32.4 Å². The predicted molar refractivity (Wildman–Crippen MR) is 146 cm³/mol. The zero-order valence-corrected chi connectivity index (χ0v) is 23.0. The van der Waals surface area contributed by atoms with Crippen molar-refractivity contribution in [1.29, 1.82) is 0 Å². The van der Waals surface area contributed by atoms with Gasteiger partial charge >= 0.3 is 6.09 Å². The van der Waals surface area contributed by atoms with Crippen LogP contribution >= 0.6 is 0 Å². The Hall–Kier alpha value is -3.44. The van der Waals surface area contributed by atoms with E-state index in [9.17, 15) is 13.2 Å². The van der Waals surface area contributed by atoms with Crippen LogP contribution in [0.4, 0.5) is 16.4 Å². The standard InChI is InChI=1S/C28H34N6O4S/c1-33(28(35)38-18-19-7-3-2-4-8-19)16-20-13-14-34(17-20)39(36,37)27-30-26(31-32-27)29-25-23-11-5-9-21(23)15-22-10-6-12-24(22)25/h2-4,7-8,15,20H,5-6,9-14,16-18H2,1H3,(H2,29,30,31,32)/t20-/m1/s1. The number of hydrogen-bond donors (Lipinski definition) is 2. The van der Waals surface area contributed by atoms with Gasteiger partial charge in [-0.1, -0.05) is 36.4 Å². The molecule has 1 amide bonds. The predicted octanol–water partition coefficient (Wildman–Crippen LogP) is 3.80. The van der Waals surface area contributed by atoms with Crippen molar-refractivity contribution in [2.75, 3.05) is 32.0 Å². The Morgan fingerprint density at radius 3 is 2.56 bits per heavy atom. The van der Waals surface area contributed by atoms with Gasteiger partial charge in [-0.3, -0.25) is 0 Å². The minimum absolute atomic E-state index is 0.00376. The normalized spacial score (nSPS) is 18.6.